The third-order valence-corrected chi connectivity index (χ3v) is 11.3. The maximum absolute atomic E-state index is 14.3. The standard InChI is InChI=1S/C41H69N5O8/c1-13-27(7)36(45(10)40(50)34(25(3)4)43-39(49)35(26(5)6)44(9)14-2)32(53-11)24-33(47)46-22-18-21-31(46)37(54-12)28(8)38(48)42-30(41(51)52)23-29-19-16-15-17-20-29/h15-17,19-20,25-28,30-32,34-37H,13-14,18,21-24H2,1-12H3,(H,42,48)(H,43,49)(H,51,52)/t27-,28+,30-,31?,32+,34-,35-,36-,37+/m0/s1. The van der Waals surface area contributed by atoms with E-state index < -0.39 is 60.2 Å². The monoisotopic (exact) mass is 760 g/mol. The predicted octanol–water partition coefficient (Wildman–Crippen LogP) is 3.84. The zero-order chi connectivity index (χ0) is 40.9. The predicted molar refractivity (Wildman–Crippen MR) is 210 cm³/mol. The number of methoxy groups -OCH3 is 2. The zero-order valence-corrected chi connectivity index (χ0v) is 34.8. The summed E-state index contributed by atoms with van der Waals surface area (Å²) in [4.78, 5) is 73.0. The van der Waals surface area contributed by atoms with Crippen molar-refractivity contribution in [1.29, 1.82) is 0 Å². The van der Waals surface area contributed by atoms with Crippen LogP contribution in [0.5, 0.6) is 0 Å². The second kappa shape index (κ2) is 22.1. The lowest BCUT2D eigenvalue weighted by atomic mass is 9.89. The first-order valence-corrected chi connectivity index (χ1v) is 19.6. The van der Waals surface area contributed by atoms with Gasteiger partial charge in [-0.2, -0.15) is 0 Å². The molecule has 13 nitrogen and oxygen atoms in total. The average molecular weight is 760 g/mol. The van der Waals surface area contributed by atoms with Gasteiger partial charge in [0.25, 0.3) is 0 Å². The van der Waals surface area contributed by atoms with Crippen LogP contribution < -0.4 is 10.6 Å². The molecule has 54 heavy (non-hydrogen) atoms. The van der Waals surface area contributed by atoms with E-state index in [1.807, 2.05) is 90.7 Å². The molecule has 1 aromatic carbocycles. The Morgan fingerprint density at radius 1 is 0.907 bits per heavy atom. The first-order chi connectivity index (χ1) is 25.4. The van der Waals surface area contributed by atoms with Gasteiger partial charge in [-0.05, 0) is 49.8 Å². The van der Waals surface area contributed by atoms with Crippen molar-refractivity contribution in [1.82, 2.24) is 25.3 Å². The highest BCUT2D eigenvalue weighted by Gasteiger charge is 2.43. The van der Waals surface area contributed by atoms with Gasteiger partial charge in [0, 0.05) is 34.2 Å². The number of carboxylic acids is 1. The molecule has 0 bridgehead atoms. The molecular formula is C41H69N5O8. The molecule has 306 valence electrons. The summed E-state index contributed by atoms with van der Waals surface area (Å²) in [6.07, 6.45) is 0.821. The number of carbonyl (C=O) groups excluding carboxylic acids is 4. The molecule has 1 heterocycles. The Balaban J connectivity index is 2.28. The van der Waals surface area contributed by atoms with Crippen molar-refractivity contribution in [3.8, 4) is 0 Å². The Morgan fingerprint density at radius 3 is 2.04 bits per heavy atom. The zero-order valence-electron chi connectivity index (χ0n) is 34.8. The summed E-state index contributed by atoms with van der Waals surface area (Å²) < 4.78 is 11.9. The first-order valence-electron chi connectivity index (χ1n) is 19.6. The molecule has 1 fully saturated rings. The Labute approximate surface area is 323 Å². The van der Waals surface area contributed by atoms with E-state index >= 15 is 0 Å². The van der Waals surface area contributed by atoms with Crippen LogP contribution in [0, 0.1) is 23.7 Å². The highest BCUT2D eigenvalue weighted by Crippen LogP contribution is 2.30. The van der Waals surface area contributed by atoms with E-state index in [2.05, 4.69) is 10.6 Å². The highest BCUT2D eigenvalue weighted by atomic mass is 16.5. The number of hydrogen-bond donors (Lipinski definition) is 3. The number of nitrogens with one attached hydrogen (secondary N) is 2. The number of likely N-dealkylation sites (tertiary alicyclic amines) is 1. The van der Waals surface area contributed by atoms with Crippen molar-refractivity contribution in [3.63, 3.8) is 0 Å². The fraction of sp³-hybridized carbons (Fsp3) is 0.732. The molecule has 0 aliphatic carbocycles. The number of likely N-dealkylation sites (N-methyl/N-ethyl adjacent to an activating group) is 2. The minimum absolute atomic E-state index is 0.00970. The molecule has 1 aliphatic rings. The van der Waals surface area contributed by atoms with Crippen molar-refractivity contribution in [3.05, 3.63) is 35.9 Å². The Bertz CT molecular complexity index is 1360. The van der Waals surface area contributed by atoms with Gasteiger partial charge in [0.1, 0.15) is 12.1 Å². The van der Waals surface area contributed by atoms with Crippen LogP contribution in [0.3, 0.4) is 0 Å². The van der Waals surface area contributed by atoms with Crippen LogP contribution in [0.15, 0.2) is 30.3 Å². The molecule has 3 N–H and O–H groups in total. The molecule has 0 radical (unpaired) electrons. The molecular weight excluding hydrogens is 690 g/mol. The lowest BCUT2D eigenvalue weighted by Crippen LogP contribution is -2.60. The topological polar surface area (TPSA) is 158 Å². The van der Waals surface area contributed by atoms with E-state index in [1.54, 1.807) is 30.9 Å². The van der Waals surface area contributed by atoms with E-state index in [1.165, 1.54) is 7.11 Å². The van der Waals surface area contributed by atoms with Gasteiger partial charge in [-0.3, -0.25) is 24.1 Å². The Kier molecular flexibility index (Phi) is 19.1. The van der Waals surface area contributed by atoms with Crippen molar-refractivity contribution >= 4 is 29.6 Å². The summed E-state index contributed by atoms with van der Waals surface area (Å²) in [5.41, 5.74) is 0.786. The molecule has 1 aliphatic heterocycles. The third kappa shape index (κ3) is 12.2. The quantitative estimate of drug-likeness (QED) is 0.160. The van der Waals surface area contributed by atoms with Crippen molar-refractivity contribution in [2.75, 3.05) is 41.4 Å². The lowest BCUT2D eigenvalue weighted by molar-refractivity contribution is -0.148. The van der Waals surface area contributed by atoms with Gasteiger partial charge in [-0.1, -0.05) is 92.1 Å². The van der Waals surface area contributed by atoms with Crippen molar-refractivity contribution in [2.45, 2.75) is 130 Å². The van der Waals surface area contributed by atoms with Crippen molar-refractivity contribution in [2.24, 2.45) is 23.7 Å². The molecule has 13 heteroatoms. The molecule has 9 atom stereocenters. The summed E-state index contributed by atoms with van der Waals surface area (Å²) in [6.45, 7) is 16.7. The number of hydrogen-bond acceptors (Lipinski definition) is 8. The molecule has 1 aromatic rings. The molecule has 1 unspecified atom stereocenters. The van der Waals surface area contributed by atoms with E-state index in [9.17, 15) is 29.1 Å². The van der Waals surface area contributed by atoms with E-state index in [4.69, 9.17) is 9.47 Å². The lowest BCUT2D eigenvalue weighted by Gasteiger charge is -2.41. The molecule has 1 saturated heterocycles. The third-order valence-electron chi connectivity index (χ3n) is 11.3. The number of aliphatic carboxylic acids is 1. The van der Waals surface area contributed by atoms with Crippen LogP contribution in [0.2, 0.25) is 0 Å². The van der Waals surface area contributed by atoms with E-state index in [0.717, 1.165) is 12.0 Å². The number of ether oxygens (including phenoxy) is 2. The maximum Gasteiger partial charge on any atom is 0.326 e. The van der Waals surface area contributed by atoms with Crippen LogP contribution in [-0.2, 0) is 39.9 Å². The van der Waals surface area contributed by atoms with Gasteiger partial charge in [0.2, 0.25) is 23.6 Å². The maximum atomic E-state index is 14.3. The SMILES string of the molecule is CC[C@H](C)[C@@H]([C@@H](CC(=O)N1CCCC1[C@H](OC)[C@@H](C)C(=O)N[C@@H](Cc1ccccc1)C(=O)O)OC)N(C)C(=O)[C@@H](NC(=O)[C@H](C(C)C)N(C)CC)C(C)C. The normalized spacial score (nSPS) is 19.1. The van der Waals surface area contributed by atoms with Crippen LogP contribution in [-0.4, -0.2) is 133 Å². The van der Waals surface area contributed by atoms with Gasteiger partial charge >= 0.3 is 5.97 Å². The fourth-order valence-electron chi connectivity index (χ4n) is 7.84. The molecule has 0 spiro atoms. The smallest absolute Gasteiger partial charge is 0.326 e. The number of benzene rings is 1. The minimum atomic E-state index is -1.14. The Morgan fingerprint density at radius 2 is 1.54 bits per heavy atom. The highest BCUT2D eigenvalue weighted by molar-refractivity contribution is 5.90. The summed E-state index contributed by atoms with van der Waals surface area (Å²) in [5.74, 6) is -3.18. The summed E-state index contributed by atoms with van der Waals surface area (Å²) in [5, 5.41) is 15.6. The van der Waals surface area contributed by atoms with Crippen LogP contribution >= 0.6 is 0 Å². The van der Waals surface area contributed by atoms with Gasteiger partial charge in [-0.15, -0.1) is 0 Å². The number of carboxylic acid groups (broad SMARTS) is 1. The minimum Gasteiger partial charge on any atom is -0.480 e. The largest absolute Gasteiger partial charge is 0.480 e. The van der Waals surface area contributed by atoms with Gasteiger partial charge in [-0.25, -0.2) is 4.79 Å². The molecule has 0 saturated carbocycles. The number of nitrogens with zero attached hydrogens (tertiary/aromatic N) is 3. The van der Waals surface area contributed by atoms with Gasteiger partial charge in [0.05, 0.1) is 42.7 Å². The van der Waals surface area contributed by atoms with Crippen molar-refractivity contribution < 1.29 is 38.6 Å². The van der Waals surface area contributed by atoms with Gasteiger partial charge in [0.15, 0.2) is 0 Å². The number of rotatable bonds is 22. The molecule has 4 amide bonds. The Hall–Kier alpha value is -3.55. The molecule has 0 aromatic heterocycles. The number of carbonyl (C=O) groups is 5. The van der Waals surface area contributed by atoms with Gasteiger partial charge < -0.3 is 35.0 Å². The average Bonchev–Trinajstić information content (AvgIpc) is 3.62. The first kappa shape index (κ1) is 46.6. The summed E-state index contributed by atoms with van der Waals surface area (Å²) in [6, 6.07) is 5.91. The second-order valence-corrected chi connectivity index (χ2v) is 15.7. The van der Waals surface area contributed by atoms with Crippen LogP contribution in [0.4, 0.5) is 0 Å². The summed E-state index contributed by atoms with van der Waals surface area (Å²) >= 11 is 0. The molecule has 2 rings (SSSR count). The summed E-state index contributed by atoms with van der Waals surface area (Å²) in [7, 11) is 6.66. The van der Waals surface area contributed by atoms with E-state index in [-0.39, 0.29) is 48.3 Å². The fourth-order valence-corrected chi connectivity index (χ4v) is 7.84. The van der Waals surface area contributed by atoms with Crippen LogP contribution in [0.25, 0.3) is 0 Å². The second-order valence-electron chi connectivity index (χ2n) is 15.7. The number of amides is 4. The van der Waals surface area contributed by atoms with E-state index in [0.29, 0.717) is 25.9 Å². The van der Waals surface area contributed by atoms with Crippen LogP contribution in [0.1, 0.15) is 86.6 Å².